The van der Waals surface area contributed by atoms with E-state index in [4.69, 9.17) is 8.94 Å². The predicted molar refractivity (Wildman–Crippen MR) is 85.9 cm³/mol. The Labute approximate surface area is 131 Å². The van der Waals surface area contributed by atoms with Crippen LogP contribution in [0.2, 0.25) is 0 Å². The van der Waals surface area contributed by atoms with Gasteiger partial charge in [-0.2, -0.15) is 0 Å². The van der Waals surface area contributed by atoms with Crippen molar-refractivity contribution in [1.82, 2.24) is 0 Å². The van der Waals surface area contributed by atoms with Crippen molar-refractivity contribution in [1.29, 1.82) is 0 Å². The Morgan fingerprint density at radius 3 is 1.65 bits per heavy atom. The summed E-state index contributed by atoms with van der Waals surface area (Å²) in [6, 6.07) is 20.0. The molecule has 0 aliphatic carbocycles. The van der Waals surface area contributed by atoms with E-state index in [9.17, 15) is 13.2 Å². The van der Waals surface area contributed by atoms with Crippen molar-refractivity contribution in [3.63, 3.8) is 0 Å². The van der Waals surface area contributed by atoms with Gasteiger partial charge in [-0.15, -0.1) is 0 Å². The molecular weight excluding hydrogens is 324 g/mol. The molecule has 3 aromatic rings. The second-order valence-corrected chi connectivity index (χ2v) is 8.15. The van der Waals surface area contributed by atoms with E-state index in [1.165, 1.54) is 12.3 Å². The summed E-state index contributed by atoms with van der Waals surface area (Å²) >= 11 is 0. The van der Waals surface area contributed by atoms with Crippen molar-refractivity contribution in [3.8, 4) is 0 Å². The Morgan fingerprint density at radius 1 is 0.739 bits per heavy atom. The van der Waals surface area contributed by atoms with Gasteiger partial charge < -0.3 is 0 Å². The minimum absolute atomic E-state index is 0.201. The molecule has 0 aliphatic rings. The fraction of sp³-hybridized carbons (Fsp3) is 0.0588. The van der Waals surface area contributed by atoms with Crippen LogP contribution in [-0.2, 0) is 4.52 Å². The Morgan fingerprint density at radius 2 is 1.26 bits per heavy atom. The molecule has 0 unspecified atom stereocenters. The van der Waals surface area contributed by atoms with E-state index < -0.39 is 13.9 Å². The van der Waals surface area contributed by atoms with Gasteiger partial charge >= 0.3 is 131 Å². The average molecular weight is 338 g/mol. The van der Waals surface area contributed by atoms with E-state index in [1.807, 2.05) is 0 Å². The van der Waals surface area contributed by atoms with Crippen LogP contribution in [0.25, 0.3) is 0 Å². The number of rotatable bonds is 4. The van der Waals surface area contributed by atoms with Gasteiger partial charge in [0, 0.05) is 0 Å². The predicted octanol–water partition coefficient (Wildman–Crippen LogP) is 3.76. The third kappa shape index (κ3) is 3.16. The molecule has 0 atom stereocenters. The molecule has 0 spiro atoms. The van der Waals surface area contributed by atoms with Crippen LogP contribution in [0.4, 0.5) is 13.2 Å². The zero-order valence-corrected chi connectivity index (χ0v) is 13.0. The second kappa shape index (κ2) is 6.19. The maximum absolute atomic E-state index is 13.3. The van der Waals surface area contributed by atoms with Crippen molar-refractivity contribution in [2.24, 2.45) is 0 Å². The zero-order valence-electron chi connectivity index (χ0n) is 12.0. The molecule has 2 nitrogen and oxygen atoms in total. The Bertz CT molecular complexity index is 701. The van der Waals surface area contributed by atoms with Gasteiger partial charge in [-0.1, -0.05) is 0 Å². The molecule has 0 aliphatic heterocycles. The molecule has 0 saturated heterocycles. The Balaban J connectivity index is 2.30. The fourth-order valence-corrected chi connectivity index (χ4v) is 6.09. The van der Waals surface area contributed by atoms with Crippen LogP contribution in [0.15, 0.2) is 83.5 Å². The van der Waals surface area contributed by atoms with Crippen LogP contribution < -0.4 is 16.1 Å². The minimum atomic E-state index is -4.79. The van der Waals surface area contributed by atoms with E-state index in [0.717, 1.165) is 0 Å². The van der Waals surface area contributed by atoms with E-state index >= 15 is 0 Å². The number of furan rings is 1. The summed E-state index contributed by atoms with van der Waals surface area (Å²) in [5, 5.41) is 0.942. The maximum atomic E-state index is 13.3. The summed E-state index contributed by atoms with van der Waals surface area (Å²) in [5.41, 5.74) is 0.201. The molecule has 0 fully saturated rings. The third-order valence-electron chi connectivity index (χ3n) is 3.50. The molecule has 2 aromatic carbocycles. The van der Waals surface area contributed by atoms with Crippen molar-refractivity contribution >= 4 is 23.6 Å². The number of alkyl halides is 3. The average Bonchev–Trinajstić information content (AvgIpc) is 3.08. The van der Waals surface area contributed by atoms with E-state index in [2.05, 4.69) is 0 Å². The second-order valence-electron chi connectivity index (χ2n) is 4.94. The van der Waals surface area contributed by atoms with Crippen LogP contribution in [0, 0.1) is 0 Å². The molecule has 3 rings (SSSR count). The van der Waals surface area contributed by atoms with Crippen LogP contribution in [0.3, 0.4) is 0 Å². The van der Waals surface area contributed by atoms with Crippen molar-refractivity contribution in [3.05, 3.63) is 79.1 Å². The first kappa shape index (κ1) is 15.8. The topological polar surface area (TPSA) is 22.4 Å². The summed E-state index contributed by atoms with van der Waals surface area (Å²) in [6.07, 6.45) is -3.42. The SMILES string of the molecule is FC(F)(F)O[PH](c1ccccc1)(c1ccccc1)c1ccco1. The quantitative estimate of drug-likeness (QED) is 0.676. The van der Waals surface area contributed by atoms with E-state index in [0.29, 0.717) is 10.6 Å². The molecule has 6 heteroatoms. The number of hydrogen-bond donors (Lipinski definition) is 0. The molecule has 0 radical (unpaired) electrons. The molecule has 120 valence electrons. The number of benzene rings is 2. The number of hydrogen-bond acceptors (Lipinski definition) is 2. The van der Waals surface area contributed by atoms with Gasteiger partial charge in [0.05, 0.1) is 0 Å². The van der Waals surface area contributed by atoms with Gasteiger partial charge in [-0.3, -0.25) is 0 Å². The van der Waals surface area contributed by atoms with Gasteiger partial charge in [0.15, 0.2) is 0 Å². The molecule has 1 heterocycles. The molecule has 0 N–H and O–H groups in total. The van der Waals surface area contributed by atoms with Crippen molar-refractivity contribution in [2.45, 2.75) is 6.36 Å². The van der Waals surface area contributed by atoms with Gasteiger partial charge in [0.25, 0.3) is 0 Å². The van der Waals surface area contributed by atoms with Crippen molar-refractivity contribution in [2.75, 3.05) is 0 Å². The molecule has 23 heavy (non-hydrogen) atoms. The summed E-state index contributed by atoms with van der Waals surface area (Å²) in [6.45, 7) is 0. The van der Waals surface area contributed by atoms with Crippen LogP contribution in [0.5, 0.6) is 0 Å². The first-order valence-corrected chi connectivity index (χ1v) is 8.85. The van der Waals surface area contributed by atoms with Gasteiger partial charge in [0.1, 0.15) is 0 Å². The van der Waals surface area contributed by atoms with Crippen molar-refractivity contribution < 1.29 is 22.1 Å². The molecule has 0 saturated carbocycles. The zero-order chi connectivity index (χ0) is 16.3. The van der Waals surface area contributed by atoms with Crippen LogP contribution in [0.1, 0.15) is 0 Å². The summed E-state index contributed by atoms with van der Waals surface area (Å²) < 4.78 is 50.0. The van der Waals surface area contributed by atoms with Gasteiger partial charge in [0.2, 0.25) is 0 Å². The van der Waals surface area contributed by atoms with E-state index in [1.54, 1.807) is 66.7 Å². The normalized spacial score (nSPS) is 13.0. The van der Waals surface area contributed by atoms with Gasteiger partial charge in [-0.05, 0) is 0 Å². The molecule has 1 aromatic heterocycles. The van der Waals surface area contributed by atoms with Crippen LogP contribution in [-0.4, -0.2) is 6.36 Å². The standard InChI is InChI=1S/C17H14F3O2P/c18-17(19,20)22-23(16-12-7-13-21-16,14-8-3-1-4-9-14)15-10-5-2-6-11-15/h1-13,23H. The Hall–Kier alpha value is -2.10. The third-order valence-corrected chi connectivity index (χ3v) is 7.31. The molecule has 0 amide bonds. The number of halogens is 3. The Kier molecular flexibility index (Phi) is 4.24. The van der Waals surface area contributed by atoms with Gasteiger partial charge in [-0.25, -0.2) is 0 Å². The summed E-state index contributed by atoms with van der Waals surface area (Å²) in [4.78, 5) is 0. The fourth-order valence-electron chi connectivity index (χ4n) is 2.62. The van der Waals surface area contributed by atoms with Crippen LogP contribution >= 0.6 is 7.49 Å². The molecule has 0 bridgehead atoms. The summed E-state index contributed by atoms with van der Waals surface area (Å²) in [5.74, 6) is 0. The monoisotopic (exact) mass is 338 g/mol. The first-order chi connectivity index (χ1) is 11.0. The summed E-state index contributed by atoms with van der Waals surface area (Å²) in [7, 11) is -3.80. The first-order valence-electron chi connectivity index (χ1n) is 6.94. The molecular formula is C17H14F3O2P. The van der Waals surface area contributed by atoms with E-state index in [-0.39, 0.29) is 5.50 Å².